The lowest BCUT2D eigenvalue weighted by Gasteiger charge is -2.37. The molecule has 0 heterocycles. The standard InChI is InChI=1S/C30H37F5O/c1-2-3-4-5-20-6-8-21(9-7-20)22-10-14-25(15-11-22)30(34,35)36-26-16-12-23(13-17-26)24-18-27(31)29(33)28(32)19-24/h6-9,18-19,22-23,25-26H,2-5,10-17H2,1H3. The summed E-state index contributed by atoms with van der Waals surface area (Å²) < 4.78 is 75.8. The zero-order valence-electron chi connectivity index (χ0n) is 21.1. The molecule has 2 aromatic carbocycles. The van der Waals surface area contributed by atoms with Crippen LogP contribution in [0.15, 0.2) is 36.4 Å². The molecule has 0 amide bonds. The molecule has 0 unspecified atom stereocenters. The minimum Gasteiger partial charge on any atom is -0.317 e. The number of alkyl halides is 2. The predicted octanol–water partition coefficient (Wildman–Crippen LogP) is 9.45. The van der Waals surface area contributed by atoms with Crippen molar-refractivity contribution in [2.24, 2.45) is 5.92 Å². The van der Waals surface area contributed by atoms with Gasteiger partial charge in [0.05, 0.1) is 12.0 Å². The van der Waals surface area contributed by atoms with Gasteiger partial charge in [0.1, 0.15) is 0 Å². The summed E-state index contributed by atoms with van der Waals surface area (Å²) >= 11 is 0. The number of hydrogen-bond acceptors (Lipinski definition) is 1. The van der Waals surface area contributed by atoms with Crippen molar-refractivity contribution in [3.8, 4) is 0 Å². The molecule has 2 aliphatic rings. The first-order valence-electron chi connectivity index (χ1n) is 13.6. The second-order valence-electron chi connectivity index (χ2n) is 10.7. The number of benzene rings is 2. The topological polar surface area (TPSA) is 9.23 Å². The van der Waals surface area contributed by atoms with E-state index < -0.39 is 35.6 Å². The van der Waals surface area contributed by atoms with Gasteiger partial charge in [0.25, 0.3) is 0 Å². The van der Waals surface area contributed by atoms with Crippen molar-refractivity contribution < 1.29 is 26.7 Å². The maximum Gasteiger partial charge on any atom is 0.358 e. The Kier molecular flexibility index (Phi) is 9.08. The molecule has 2 aromatic rings. The predicted molar refractivity (Wildman–Crippen MR) is 132 cm³/mol. The molecule has 0 aliphatic heterocycles. The minimum absolute atomic E-state index is 0.184. The lowest BCUT2D eigenvalue weighted by atomic mass is 9.78. The maximum atomic E-state index is 15.0. The highest BCUT2D eigenvalue weighted by Crippen LogP contribution is 2.45. The molecule has 1 nitrogen and oxygen atoms in total. The molecule has 0 N–H and O–H groups in total. The van der Waals surface area contributed by atoms with Crippen LogP contribution >= 0.6 is 0 Å². The molecule has 0 saturated heterocycles. The first-order valence-corrected chi connectivity index (χ1v) is 13.6. The van der Waals surface area contributed by atoms with Crippen LogP contribution in [0.25, 0.3) is 0 Å². The Balaban J connectivity index is 1.24. The summed E-state index contributed by atoms with van der Waals surface area (Å²) in [7, 11) is 0. The summed E-state index contributed by atoms with van der Waals surface area (Å²) in [6.45, 7) is 2.20. The van der Waals surface area contributed by atoms with Gasteiger partial charge in [-0.3, -0.25) is 0 Å². The Hall–Kier alpha value is -1.95. The molecule has 2 saturated carbocycles. The van der Waals surface area contributed by atoms with Gasteiger partial charge in [-0.2, -0.15) is 8.78 Å². The maximum absolute atomic E-state index is 15.0. The first-order chi connectivity index (χ1) is 17.3. The van der Waals surface area contributed by atoms with E-state index >= 15 is 8.78 Å². The first kappa shape index (κ1) is 27.1. The molecule has 2 fully saturated rings. The Morgan fingerprint density at radius 2 is 1.31 bits per heavy atom. The van der Waals surface area contributed by atoms with Crippen LogP contribution < -0.4 is 0 Å². The molecule has 36 heavy (non-hydrogen) atoms. The summed E-state index contributed by atoms with van der Waals surface area (Å²) in [4.78, 5) is 0. The number of unbranched alkanes of at least 4 members (excludes halogenated alkanes) is 2. The normalized spacial score (nSPS) is 25.2. The third-order valence-electron chi connectivity index (χ3n) is 8.20. The minimum atomic E-state index is -3.18. The van der Waals surface area contributed by atoms with Crippen LogP contribution in [0.2, 0.25) is 0 Å². The zero-order valence-corrected chi connectivity index (χ0v) is 21.1. The highest BCUT2D eigenvalue weighted by atomic mass is 19.3. The molecule has 0 aromatic heterocycles. The van der Waals surface area contributed by atoms with Crippen LogP contribution in [-0.4, -0.2) is 12.2 Å². The Bertz CT molecular complexity index is 950. The van der Waals surface area contributed by atoms with Crippen LogP contribution in [0, 0.1) is 23.4 Å². The monoisotopic (exact) mass is 508 g/mol. The van der Waals surface area contributed by atoms with Crippen molar-refractivity contribution in [3.63, 3.8) is 0 Å². The van der Waals surface area contributed by atoms with Crippen LogP contribution in [-0.2, 0) is 11.2 Å². The second kappa shape index (κ2) is 12.1. The van der Waals surface area contributed by atoms with Gasteiger partial charge in [-0.1, -0.05) is 44.0 Å². The van der Waals surface area contributed by atoms with Gasteiger partial charge in [-0.05, 0) is 105 Å². The third kappa shape index (κ3) is 6.67. The summed E-state index contributed by atoms with van der Waals surface area (Å²) in [6.07, 6.45) is 5.02. The average molecular weight is 509 g/mol. The second-order valence-corrected chi connectivity index (χ2v) is 10.7. The number of aryl methyl sites for hydroxylation is 1. The highest BCUT2D eigenvalue weighted by molar-refractivity contribution is 5.26. The number of hydrogen-bond donors (Lipinski definition) is 0. The van der Waals surface area contributed by atoms with Crippen molar-refractivity contribution in [1.29, 1.82) is 0 Å². The molecule has 6 heteroatoms. The quantitative estimate of drug-likeness (QED) is 0.186. The lowest BCUT2D eigenvalue weighted by molar-refractivity contribution is -0.300. The van der Waals surface area contributed by atoms with E-state index in [1.165, 1.54) is 30.4 Å². The fourth-order valence-electron chi connectivity index (χ4n) is 5.94. The fraction of sp³-hybridized carbons (Fsp3) is 0.600. The molecular formula is C30H37F5O. The fourth-order valence-corrected chi connectivity index (χ4v) is 5.94. The van der Waals surface area contributed by atoms with Crippen molar-refractivity contribution in [2.45, 2.75) is 108 Å². The number of rotatable bonds is 9. The summed E-state index contributed by atoms with van der Waals surface area (Å²) in [5.74, 6) is -4.57. The van der Waals surface area contributed by atoms with E-state index in [-0.39, 0.29) is 5.92 Å². The lowest BCUT2D eigenvalue weighted by Crippen LogP contribution is -2.38. The van der Waals surface area contributed by atoms with Crippen molar-refractivity contribution in [1.82, 2.24) is 0 Å². The molecular weight excluding hydrogens is 471 g/mol. The SMILES string of the molecule is CCCCCc1ccc(C2CCC(C(F)(F)OC3CCC(c4cc(F)c(F)c(F)c4)CC3)CC2)cc1. The third-order valence-corrected chi connectivity index (χ3v) is 8.20. The van der Waals surface area contributed by atoms with Crippen LogP contribution in [0.4, 0.5) is 22.0 Å². The largest absolute Gasteiger partial charge is 0.358 e. The van der Waals surface area contributed by atoms with Crippen molar-refractivity contribution >= 4 is 0 Å². The highest BCUT2D eigenvalue weighted by Gasteiger charge is 2.45. The molecule has 4 rings (SSSR count). The summed E-state index contributed by atoms with van der Waals surface area (Å²) in [6, 6.07) is 10.7. The van der Waals surface area contributed by atoms with E-state index in [9.17, 15) is 13.2 Å². The van der Waals surface area contributed by atoms with Crippen molar-refractivity contribution in [2.75, 3.05) is 0 Å². The van der Waals surface area contributed by atoms with E-state index in [4.69, 9.17) is 4.74 Å². The average Bonchev–Trinajstić information content (AvgIpc) is 2.88. The zero-order chi connectivity index (χ0) is 25.7. The summed E-state index contributed by atoms with van der Waals surface area (Å²) in [5, 5.41) is 0. The van der Waals surface area contributed by atoms with E-state index in [2.05, 4.69) is 31.2 Å². The molecule has 2 aliphatic carbocycles. The van der Waals surface area contributed by atoms with Crippen LogP contribution in [0.1, 0.15) is 106 Å². The van der Waals surface area contributed by atoms with Crippen LogP contribution in [0.3, 0.4) is 0 Å². The van der Waals surface area contributed by atoms with Crippen molar-refractivity contribution in [3.05, 3.63) is 70.5 Å². The van der Waals surface area contributed by atoms with Gasteiger partial charge in [-0.25, -0.2) is 13.2 Å². The van der Waals surface area contributed by atoms with E-state index in [1.54, 1.807) is 0 Å². The Morgan fingerprint density at radius 3 is 1.89 bits per heavy atom. The van der Waals surface area contributed by atoms with Gasteiger partial charge in [-0.15, -0.1) is 0 Å². The van der Waals surface area contributed by atoms with E-state index in [0.717, 1.165) is 31.4 Å². The van der Waals surface area contributed by atoms with Gasteiger partial charge in [0.15, 0.2) is 17.5 Å². The van der Waals surface area contributed by atoms with E-state index in [1.807, 2.05) is 0 Å². The molecule has 0 spiro atoms. The van der Waals surface area contributed by atoms with Crippen LogP contribution in [0.5, 0.6) is 0 Å². The van der Waals surface area contributed by atoms with Gasteiger partial charge < -0.3 is 4.74 Å². The van der Waals surface area contributed by atoms with Gasteiger partial charge in [0.2, 0.25) is 0 Å². The van der Waals surface area contributed by atoms with E-state index in [0.29, 0.717) is 50.0 Å². The molecule has 0 radical (unpaired) electrons. The molecule has 198 valence electrons. The number of ether oxygens (including phenoxy) is 1. The van der Waals surface area contributed by atoms with Gasteiger partial charge in [0, 0.05) is 0 Å². The smallest absolute Gasteiger partial charge is 0.317 e. The molecule has 0 bridgehead atoms. The molecule has 0 atom stereocenters. The number of halogens is 5. The summed E-state index contributed by atoms with van der Waals surface area (Å²) in [5.41, 5.74) is 2.96. The van der Waals surface area contributed by atoms with Gasteiger partial charge >= 0.3 is 6.11 Å². The Labute approximate surface area is 211 Å². The Morgan fingerprint density at radius 1 is 0.750 bits per heavy atom.